The molecule has 4 aromatic rings. The van der Waals surface area contributed by atoms with Crippen molar-refractivity contribution in [1.82, 2.24) is 10.1 Å². The first kappa shape index (κ1) is 20.3. The fourth-order valence-electron chi connectivity index (χ4n) is 3.33. The summed E-state index contributed by atoms with van der Waals surface area (Å²) in [5, 5.41) is 7.15. The Morgan fingerprint density at radius 3 is 2.42 bits per heavy atom. The van der Waals surface area contributed by atoms with Gasteiger partial charge in [0.25, 0.3) is 0 Å². The molecule has 0 saturated carbocycles. The fraction of sp³-hybridized carbons (Fsp3) is 0.160. The molecule has 0 fully saturated rings. The first-order valence-corrected chi connectivity index (χ1v) is 10.2. The highest BCUT2D eigenvalue weighted by molar-refractivity contribution is 5.97. The molecule has 1 N–H and O–H groups in total. The second-order valence-electron chi connectivity index (χ2n) is 6.96. The zero-order valence-corrected chi connectivity index (χ0v) is 17.2. The second-order valence-corrected chi connectivity index (χ2v) is 6.96. The second kappa shape index (κ2) is 9.71. The number of amides is 1. The van der Waals surface area contributed by atoms with Crippen molar-refractivity contribution < 1.29 is 14.1 Å². The summed E-state index contributed by atoms with van der Waals surface area (Å²) < 4.78 is 11.1. The molecular weight excluding hydrogens is 390 g/mol. The van der Waals surface area contributed by atoms with Crippen LogP contribution in [0.2, 0.25) is 0 Å². The zero-order chi connectivity index (χ0) is 21.5. The molecule has 0 atom stereocenters. The molecule has 0 radical (unpaired) electrons. The zero-order valence-electron chi connectivity index (χ0n) is 17.2. The van der Waals surface area contributed by atoms with Gasteiger partial charge in [0.05, 0.1) is 12.2 Å². The number of benzene rings is 2. The number of carbonyl (C=O) groups excluding carboxylic acids is 1. The maximum Gasteiger partial charge on any atom is 0.239 e. The van der Waals surface area contributed by atoms with Gasteiger partial charge in [-0.1, -0.05) is 35.5 Å². The van der Waals surface area contributed by atoms with Crippen LogP contribution < -0.4 is 10.1 Å². The van der Waals surface area contributed by atoms with Gasteiger partial charge in [0, 0.05) is 24.4 Å². The Kier molecular flexibility index (Phi) is 6.38. The SMILES string of the molecule is CCOc1ccc(-c2noc(NC(=O)CCc3ccccc3)c2-c2ccncc2)cc1. The maximum atomic E-state index is 12.6. The minimum Gasteiger partial charge on any atom is -0.494 e. The van der Waals surface area contributed by atoms with Crippen LogP contribution in [-0.4, -0.2) is 22.7 Å². The van der Waals surface area contributed by atoms with Gasteiger partial charge in [0.2, 0.25) is 11.8 Å². The third-order valence-corrected chi connectivity index (χ3v) is 4.84. The van der Waals surface area contributed by atoms with Gasteiger partial charge in [-0.05, 0) is 60.9 Å². The summed E-state index contributed by atoms with van der Waals surface area (Å²) in [7, 11) is 0. The van der Waals surface area contributed by atoms with E-state index in [0.29, 0.717) is 31.0 Å². The number of hydrogen-bond donors (Lipinski definition) is 1. The van der Waals surface area contributed by atoms with Gasteiger partial charge in [-0.2, -0.15) is 0 Å². The molecule has 0 saturated heterocycles. The van der Waals surface area contributed by atoms with E-state index in [1.165, 1.54) is 0 Å². The Bertz CT molecular complexity index is 1120. The number of carbonyl (C=O) groups is 1. The lowest BCUT2D eigenvalue weighted by atomic mass is 10.0. The first-order chi connectivity index (χ1) is 15.2. The number of hydrogen-bond acceptors (Lipinski definition) is 5. The quantitative estimate of drug-likeness (QED) is 0.420. The van der Waals surface area contributed by atoms with E-state index in [9.17, 15) is 4.79 Å². The van der Waals surface area contributed by atoms with Gasteiger partial charge in [-0.25, -0.2) is 0 Å². The molecule has 0 spiro atoms. The predicted octanol–water partition coefficient (Wildman–Crippen LogP) is 5.37. The number of nitrogens with one attached hydrogen (secondary N) is 1. The third kappa shape index (κ3) is 4.98. The van der Waals surface area contributed by atoms with E-state index in [2.05, 4.69) is 15.5 Å². The molecule has 6 heteroatoms. The van der Waals surface area contributed by atoms with Crippen LogP contribution >= 0.6 is 0 Å². The topological polar surface area (TPSA) is 77.3 Å². The van der Waals surface area contributed by atoms with Gasteiger partial charge in [-0.15, -0.1) is 0 Å². The highest BCUT2D eigenvalue weighted by atomic mass is 16.5. The van der Waals surface area contributed by atoms with E-state index in [0.717, 1.165) is 28.0 Å². The monoisotopic (exact) mass is 413 g/mol. The van der Waals surface area contributed by atoms with Gasteiger partial charge < -0.3 is 9.26 Å². The molecule has 0 bridgehead atoms. The van der Waals surface area contributed by atoms with Crippen molar-refractivity contribution in [2.45, 2.75) is 19.8 Å². The van der Waals surface area contributed by atoms with Gasteiger partial charge in [0.15, 0.2) is 0 Å². The van der Waals surface area contributed by atoms with Crippen LogP contribution in [0.4, 0.5) is 5.88 Å². The predicted molar refractivity (Wildman–Crippen MR) is 120 cm³/mol. The Hall–Kier alpha value is -3.93. The standard InChI is InChI=1S/C25H23N3O3/c1-2-30-21-11-9-20(10-12-21)24-23(19-14-16-26-17-15-19)25(31-28-24)27-22(29)13-8-18-6-4-3-5-7-18/h3-7,9-12,14-17H,2,8,13H2,1H3,(H,27,29). The van der Waals surface area contributed by atoms with E-state index in [-0.39, 0.29) is 5.91 Å². The number of ether oxygens (including phenoxy) is 1. The lowest BCUT2D eigenvalue weighted by Crippen LogP contribution is -2.12. The Morgan fingerprint density at radius 2 is 1.71 bits per heavy atom. The lowest BCUT2D eigenvalue weighted by Gasteiger charge is -2.07. The van der Waals surface area contributed by atoms with E-state index >= 15 is 0 Å². The minimum atomic E-state index is -0.131. The highest BCUT2D eigenvalue weighted by Crippen LogP contribution is 2.38. The highest BCUT2D eigenvalue weighted by Gasteiger charge is 2.21. The van der Waals surface area contributed by atoms with Crippen molar-refractivity contribution >= 4 is 11.8 Å². The molecular formula is C25H23N3O3. The number of rotatable bonds is 8. The third-order valence-electron chi connectivity index (χ3n) is 4.84. The molecule has 156 valence electrons. The molecule has 0 aliphatic rings. The summed E-state index contributed by atoms with van der Waals surface area (Å²) >= 11 is 0. The molecule has 0 unspecified atom stereocenters. The minimum absolute atomic E-state index is 0.131. The molecule has 1 amide bonds. The van der Waals surface area contributed by atoms with Crippen LogP contribution in [0.3, 0.4) is 0 Å². The molecule has 4 rings (SSSR count). The average Bonchev–Trinajstić information content (AvgIpc) is 3.23. The van der Waals surface area contributed by atoms with Crippen LogP contribution in [0, 0.1) is 0 Å². The average molecular weight is 413 g/mol. The van der Waals surface area contributed by atoms with E-state index in [4.69, 9.17) is 9.26 Å². The summed E-state index contributed by atoms with van der Waals surface area (Å²) in [6.45, 7) is 2.55. The molecule has 6 nitrogen and oxygen atoms in total. The Labute approximate surface area is 180 Å². The fourth-order valence-corrected chi connectivity index (χ4v) is 3.33. The van der Waals surface area contributed by atoms with Crippen molar-refractivity contribution in [3.8, 4) is 28.1 Å². The summed E-state index contributed by atoms with van der Waals surface area (Å²) in [6, 6.07) is 21.3. The van der Waals surface area contributed by atoms with Gasteiger partial charge >= 0.3 is 0 Å². The van der Waals surface area contributed by atoms with Crippen molar-refractivity contribution in [2.24, 2.45) is 0 Å². The largest absolute Gasteiger partial charge is 0.494 e. The van der Waals surface area contributed by atoms with Crippen LogP contribution in [-0.2, 0) is 11.2 Å². The number of aryl methyl sites for hydroxylation is 1. The molecule has 2 aromatic heterocycles. The molecule has 31 heavy (non-hydrogen) atoms. The first-order valence-electron chi connectivity index (χ1n) is 10.2. The maximum absolute atomic E-state index is 12.6. The molecule has 0 aliphatic carbocycles. The molecule has 2 heterocycles. The number of pyridine rings is 1. The van der Waals surface area contributed by atoms with Gasteiger partial charge in [0.1, 0.15) is 11.4 Å². The van der Waals surface area contributed by atoms with E-state index in [1.54, 1.807) is 12.4 Å². The number of aromatic nitrogens is 2. The van der Waals surface area contributed by atoms with Crippen LogP contribution in [0.5, 0.6) is 5.75 Å². The van der Waals surface area contributed by atoms with Crippen LogP contribution in [0.15, 0.2) is 83.6 Å². The van der Waals surface area contributed by atoms with Crippen molar-refractivity contribution in [3.05, 3.63) is 84.7 Å². The van der Waals surface area contributed by atoms with E-state index in [1.807, 2.05) is 73.7 Å². The van der Waals surface area contributed by atoms with E-state index < -0.39 is 0 Å². The Morgan fingerprint density at radius 1 is 0.968 bits per heavy atom. The molecule has 0 aliphatic heterocycles. The smallest absolute Gasteiger partial charge is 0.239 e. The van der Waals surface area contributed by atoms with Crippen LogP contribution in [0.1, 0.15) is 18.9 Å². The van der Waals surface area contributed by atoms with Gasteiger partial charge in [-0.3, -0.25) is 15.1 Å². The molecule has 2 aromatic carbocycles. The van der Waals surface area contributed by atoms with Crippen molar-refractivity contribution in [3.63, 3.8) is 0 Å². The van der Waals surface area contributed by atoms with Crippen LogP contribution in [0.25, 0.3) is 22.4 Å². The summed E-state index contributed by atoms with van der Waals surface area (Å²) in [4.78, 5) is 16.7. The summed E-state index contributed by atoms with van der Waals surface area (Å²) in [6.07, 6.45) is 4.40. The normalized spacial score (nSPS) is 10.6. The lowest BCUT2D eigenvalue weighted by molar-refractivity contribution is -0.116. The van der Waals surface area contributed by atoms with Crippen molar-refractivity contribution in [2.75, 3.05) is 11.9 Å². The Balaban J connectivity index is 1.60. The summed E-state index contributed by atoms with van der Waals surface area (Å²) in [5.74, 6) is 0.983. The number of anilines is 1. The number of nitrogens with zero attached hydrogens (tertiary/aromatic N) is 2. The van der Waals surface area contributed by atoms with Crippen molar-refractivity contribution in [1.29, 1.82) is 0 Å². The summed E-state index contributed by atoms with van der Waals surface area (Å²) in [5.41, 5.74) is 4.20.